The molecule has 85 valence electrons. The molecule has 0 saturated heterocycles. The Morgan fingerprint density at radius 1 is 1.41 bits per heavy atom. The molecule has 0 aliphatic carbocycles. The fourth-order valence-corrected chi connectivity index (χ4v) is 1.38. The fraction of sp³-hybridized carbons (Fsp3) is 0.0833. The van der Waals surface area contributed by atoms with Gasteiger partial charge in [-0.25, -0.2) is 0 Å². The van der Waals surface area contributed by atoms with Gasteiger partial charge in [0.2, 0.25) is 0 Å². The largest absolute Gasteiger partial charge is 0.457 e. The molecule has 1 aromatic heterocycles. The van der Waals surface area contributed by atoms with E-state index in [1.165, 1.54) is 0 Å². The van der Waals surface area contributed by atoms with Gasteiger partial charge in [-0.2, -0.15) is 5.84 Å². The van der Waals surface area contributed by atoms with E-state index in [0.29, 0.717) is 22.1 Å². The standard InChI is InChI=1S/C12H11N3O2/c1-9-8-10(15(13)16)2-3-12(9)17-11-4-6-14-7-5-11/h2-6,8H,1H3,(H2,13,16)/q+1. The summed E-state index contributed by atoms with van der Waals surface area (Å²) in [5, 5.41) is 0. The molecule has 0 bridgehead atoms. The number of hydrogen-bond donors (Lipinski definition) is 1. The molecule has 2 N–H and O–H groups in total. The zero-order chi connectivity index (χ0) is 12.3. The molecule has 0 amide bonds. The lowest BCUT2D eigenvalue weighted by atomic mass is 10.2. The molecule has 0 aliphatic heterocycles. The summed E-state index contributed by atoms with van der Waals surface area (Å²) >= 11 is 0. The van der Waals surface area contributed by atoms with Crippen LogP contribution in [0.5, 0.6) is 11.5 Å². The molecule has 0 spiro atoms. The Morgan fingerprint density at radius 3 is 2.82 bits per heavy atom. The second kappa shape index (κ2) is 4.61. The Balaban J connectivity index is 2.26. The normalized spacial score (nSPS) is 9.94. The Kier molecular flexibility index (Phi) is 3.00. The molecule has 5 heteroatoms. The van der Waals surface area contributed by atoms with Gasteiger partial charge in [0, 0.05) is 24.4 Å². The minimum absolute atomic E-state index is 0.316. The zero-order valence-corrected chi connectivity index (χ0v) is 9.25. The highest BCUT2D eigenvalue weighted by Crippen LogP contribution is 2.27. The summed E-state index contributed by atoms with van der Waals surface area (Å²) in [7, 11) is 0. The van der Waals surface area contributed by atoms with Gasteiger partial charge in [-0.15, -0.1) is 0 Å². The van der Waals surface area contributed by atoms with Crippen molar-refractivity contribution in [1.29, 1.82) is 0 Å². The van der Waals surface area contributed by atoms with Crippen LogP contribution in [0.4, 0.5) is 5.69 Å². The van der Waals surface area contributed by atoms with Gasteiger partial charge in [-0.3, -0.25) is 4.98 Å². The van der Waals surface area contributed by atoms with E-state index in [-0.39, 0.29) is 0 Å². The fourth-order valence-electron chi connectivity index (χ4n) is 1.38. The van der Waals surface area contributed by atoms with E-state index in [1.807, 2.05) is 6.92 Å². The van der Waals surface area contributed by atoms with Gasteiger partial charge in [0.05, 0.1) is 11.1 Å². The van der Waals surface area contributed by atoms with Crippen LogP contribution in [0.1, 0.15) is 5.56 Å². The summed E-state index contributed by atoms with van der Waals surface area (Å²) in [6.07, 6.45) is 4.27. The summed E-state index contributed by atoms with van der Waals surface area (Å²) < 4.78 is 5.61. The van der Waals surface area contributed by atoms with Gasteiger partial charge >= 0.3 is 0 Å². The van der Waals surface area contributed by atoms with Crippen molar-refractivity contribution in [2.45, 2.75) is 6.92 Å². The van der Waals surface area contributed by atoms with Crippen LogP contribution >= 0.6 is 0 Å². The van der Waals surface area contributed by atoms with Crippen LogP contribution in [-0.4, -0.2) is 9.85 Å². The third-order valence-corrected chi connectivity index (χ3v) is 2.24. The van der Waals surface area contributed by atoms with Crippen LogP contribution < -0.4 is 10.6 Å². The maximum Gasteiger partial charge on any atom is 0.292 e. The first kappa shape index (κ1) is 11.1. The maximum atomic E-state index is 10.9. The Bertz CT molecular complexity index is 541. The molecule has 5 nitrogen and oxygen atoms in total. The van der Waals surface area contributed by atoms with Crippen LogP contribution in [0, 0.1) is 18.0 Å². The molecule has 1 heterocycles. The molecule has 17 heavy (non-hydrogen) atoms. The number of ether oxygens (including phenoxy) is 1. The van der Waals surface area contributed by atoms with Crippen LogP contribution in [0.2, 0.25) is 0 Å². The van der Waals surface area contributed by atoms with Crippen molar-refractivity contribution in [3.63, 3.8) is 0 Å². The number of nitroso groups, excluding NO2 is 1. The van der Waals surface area contributed by atoms with Gasteiger partial charge in [0.15, 0.2) is 4.87 Å². The highest BCUT2D eigenvalue weighted by molar-refractivity contribution is 5.44. The predicted octanol–water partition coefficient (Wildman–Crippen LogP) is 2.27. The average molecular weight is 229 g/mol. The van der Waals surface area contributed by atoms with Gasteiger partial charge in [0.25, 0.3) is 5.69 Å². The van der Waals surface area contributed by atoms with Gasteiger partial charge in [0.1, 0.15) is 11.5 Å². The maximum absolute atomic E-state index is 10.9. The molecule has 0 aliphatic rings. The van der Waals surface area contributed by atoms with Crippen LogP contribution in [0.25, 0.3) is 0 Å². The molecule has 2 aromatic rings. The van der Waals surface area contributed by atoms with Gasteiger partial charge in [-0.05, 0) is 24.6 Å². The predicted molar refractivity (Wildman–Crippen MR) is 61.8 cm³/mol. The monoisotopic (exact) mass is 229 g/mol. The average Bonchev–Trinajstić information content (AvgIpc) is 2.33. The van der Waals surface area contributed by atoms with Crippen LogP contribution in [-0.2, 0) is 0 Å². The molecule has 0 atom stereocenters. The molecule has 0 saturated carbocycles. The first-order valence-electron chi connectivity index (χ1n) is 4.99. The van der Waals surface area contributed by atoms with Crippen LogP contribution in [0.15, 0.2) is 36.5 Å². The molecule has 2 rings (SSSR count). The van der Waals surface area contributed by atoms with E-state index in [2.05, 4.69) is 11.2 Å². The van der Waals surface area contributed by atoms with Crippen molar-refractivity contribution in [1.82, 2.24) is 4.98 Å². The van der Waals surface area contributed by atoms with Crippen molar-refractivity contribution in [3.8, 4) is 11.5 Å². The number of pyridine rings is 1. The quantitative estimate of drug-likeness (QED) is 0.498. The van der Waals surface area contributed by atoms with Crippen molar-refractivity contribution in [2.75, 3.05) is 0 Å². The lowest BCUT2D eigenvalue weighted by Gasteiger charge is -2.07. The van der Waals surface area contributed by atoms with Crippen molar-refractivity contribution in [2.24, 2.45) is 5.84 Å². The number of aryl methyl sites for hydroxylation is 1. The first-order valence-corrected chi connectivity index (χ1v) is 4.99. The summed E-state index contributed by atoms with van der Waals surface area (Å²) in [5.74, 6) is 6.41. The second-order valence-corrected chi connectivity index (χ2v) is 3.50. The Morgan fingerprint density at radius 2 is 2.24 bits per heavy atom. The highest BCUT2D eigenvalue weighted by Gasteiger charge is 2.11. The van der Waals surface area contributed by atoms with E-state index in [1.54, 1.807) is 36.5 Å². The molecule has 1 aromatic carbocycles. The highest BCUT2D eigenvalue weighted by atomic mass is 16.5. The summed E-state index contributed by atoms with van der Waals surface area (Å²) in [4.78, 5) is 15.0. The number of benzene rings is 1. The molecule has 0 fully saturated rings. The molecule has 1 radical (unpaired) electrons. The second-order valence-electron chi connectivity index (χ2n) is 3.50. The summed E-state index contributed by atoms with van der Waals surface area (Å²) in [6.45, 7) is 1.84. The van der Waals surface area contributed by atoms with E-state index in [9.17, 15) is 4.91 Å². The number of aromatic nitrogens is 1. The third kappa shape index (κ3) is 2.57. The topological polar surface area (TPSA) is 68.2 Å². The van der Waals surface area contributed by atoms with Gasteiger partial charge < -0.3 is 4.74 Å². The van der Waals surface area contributed by atoms with Gasteiger partial charge in [-0.1, -0.05) is 0 Å². The number of rotatable bonds is 3. The number of nitrogens with two attached hydrogens (primary N) is 1. The SMILES string of the molecule is Cc1cc([N+](N)=O)ccc1Oc1c[c]ncc1. The Hall–Kier alpha value is -2.43. The number of nitrogens with zero attached hydrogens (tertiary/aromatic N) is 2. The minimum atomic E-state index is 0.316. The van der Waals surface area contributed by atoms with E-state index >= 15 is 0 Å². The number of hydrazine groups is 1. The molecular formula is C12H11N3O2+. The zero-order valence-electron chi connectivity index (χ0n) is 9.25. The smallest absolute Gasteiger partial charge is 0.292 e. The first-order chi connectivity index (χ1) is 8.16. The lowest BCUT2D eigenvalue weighted by molar-refractivity contribution is -0.474. The summed E-state index contributed by atoms with van der Waals surface area (Å²) in [5.41, 5.74) is 1.21. The van der Waals surface area contributed by atoms with Crippen LogP contribution in [0.3, 0.4) is 0 Å². The van der Waals surface area contributed by atoms with E-state index in [0.717, 1.165) is 5.56 Å². The van der Waals surface area contributed by atoms with Crippen molar-refractivity contribution in [3.05, 3.63) is 53.2 Å². The van der Waals surface area contributed by atoms with E-state index in [4.69, 9.17) is 10.6 Å². The minimum Gasteiger partial charge on any atom is -0.457 e. The molecule has 0 unspecified atom stereocenters. The summed E-state index contributed by atoms with van der Waals surface area (Å²) in [6, 6.07) is 8.32. The number of hydrogen-bond acceptors (Lipinski definition) is 3. The van der Waals surface area contributed by atoms with E-state index < -0.39 is 0 Å². The third-order valence-electron chi connectivity index (χ3n) is 2.24. The van der Waals surface area contributed by atoms with Crippen molar-refractivity contribution >= 4 is 5.69 Å². The lowest BCUT2D eigenvalue weighted by Crippen LogP contribution is -2.08. The molecular weight excluding hydrogens is 218 g/mol. The van der Waals surface area contributed by atoms with Crippen molar-refractivity contribution < 1.29 is 9.61 Å². The Labute approximate surface area is 98.4 Å².